The van der Waals surface area contributed by atoms with E-state index >= 15 is 0 Å². The zero-order valence-electron chi connectivity index (χ0n) is 18.1. The zero-order valence-corrected chi connectivity index (χ0v) is 18.1. The summed E-state index contributed by atoms with van der Waals surface area (Å²) in [4.78, 5) is 29.7. The van der Waals surface area contributed by atoms with Gasteiger partial charge in [0.2, 0.25) is 5.91 Å². The maximum absolute atomic E-state index is 12.8. The van der Waals surface area contributed by atoms with Gasteiger partial charge in [0.05, 0.1) is 31.5 Å². The Morgan fingerprint density at radius 3 is 2.55 bits per heavy atom. The minimum absolute atomic E-state index is 0.155. The fourth-order valence-corrected chi connectivity index (χ4v) is 4.49. The Morgan fingerprint density at radius 1 is 1.06 bits per heavy atom. The lowest BCUT2D eigenvalue weighted by atomic mass is 10.0. The number of rotatable bonds is 6. The van der Waals surface area contributed by atoms with Crippen LogP contribution >= 0.6 is 0 Å². The third-order valence-electron chi connectivity index (χ3n) is 6.23. The summed E-state index contributed by atoms with van der Waals surface area (Å²) in [5.41, 5.74) is 0.482. The van der Waals surface area contributed by atoms with Gasteiger partial charge in [0.1, 0.15) is 11.6 Å². The van der Waals surface area contributed by atoms with Gasteiger partial charge in [0, 0.05) is 19.2 Å². The molecule has 2 aliphatic heterocycles. The molecule has 0 spiro atoms. The maximum atomic E-state index is 12.8. The van der Waals surface area contributed by atoms with E-state index in [1.165, 1.54) is 19.3 Å². The number of para-hydroxylation sites is 1. The van der Waals surface area contributed by atoms with Gasteiger partial charge in [-0.3, -0.25) is 14.5 Å². The fourth-order valence-electron chi connectivity index (χ4n) is 4.49. The van der Waals surface area contributed by atoms with E-state index in [4.69, 9.17) is 4.74 Å². The Morgan fingerprint density at radius 2 is 1.81 bits per heavy atom. The van der Waals surface area contributed by atoms with E-state index in [0.717, 1.165) is 39.0 Å². The van der Waals surface area contributed by atoms with E-state index in [1.54, 1.807) is 31.5 Å². The van der Waals surface area contributed by atoms with Crippen LogP contribution < -0.4 is 10.1 Å². The molecule has 2 aromatic rings. The first-order valence-electron chi connectivity index (χ1n) is 11.1. The fraction of sp³-hybridized carbons (Fsp3) is 0.522. The second-order valence-electron chi connectivity index (χ2n) is 8.26. The van der Waals surface area contributed by atoms with Gasteiger partial charge in [-0.05, 0) is 50.9 Å². The van der Waals surface area contributed by atoms with Crippen LogP contribution in [0, 0.1) is 0 Å². The molecule has 3 heterocycles. The standard InChI is InChI=1S/C23H31N5O3/c1-31-20-8-4-3-7-19(20)23(30)25-21-9-12-24-28(21)18-10-15-27(16-11-18)22(29)17-26-13-5-2-6-14-26/h3-4,7-9,12,18H,2,5-6,10-11,13-17H2,1H3,(H,25,30). The number of carbonyl (C=O) groups excluding carboxylic acids is 2. The van der Waals surface area contributed by atoms with E-state index in [-0.39, 0.29) is 17.9 Å². The number of amides is 2. The number of anilines is 1. The first kappa shape index (κ1) is 21.4. The molecule has 8 heteroatoms. The molecule has 2 aliphatic rings. The zero-order chi connectivity index (χ0) is 21.6. The second-order valence-corrected chi connectivity index (χ2v) is 8.26. The van der Waals surface area contributed by atoms with Crippen molar-refractivity contribution in [2.45, 2.75) is 38.1 Å². The van der Waals surface area contributed by atoms with Crippen LogP contribution in [-0.4, -0.2) is 71.2 Å². The molecule has 166 valence electrons. The van der Waals surface area contributed by atoms with Gasteiger partial charge in [0.25, 0.3) is 5.91 Å². The summed E-state index contributed by atoms with van der Waals surface area (Å²) in [7, 11) is 1.55. The smallest absolute Gasteiger partial charge is 0.260 e. The Hall–Kier alpha value is -2.87. The van der Waals surface area contributed by atoms with Crippen LogP contribution in [0.25, 0.3) is 0 Å². The number of nitrogens with one attached hydrogen (secondary N) is 1. The molecule has 2 amide bonds. The SMILES string of the molecule is COc1ccccc1C(=O)Nc1ccnn1C1CCN(C(=O)CN2CCCCC2)CC1. The molecule has 31 heavy (non-hydrogen) atoms. The number of hydrogen-bond donors (Lipinski definition) is 1. The molecule has 8 nitrogen and oxygen atoms in total. The molecule has 0 radical (unpaired) electrons. The van der Waals surface area contributed by atoms with Gasteiger partial charge in [-0.25, -0.2) is 4.68 Å². The number of benzene rings is 1. The van der Waals surface area contributed by atoms with Crippen molar-refractivity contribution in [1.82, 2.24) is 19.6 Å². The summed E-state index contributed by atoms with van der Waals surface area (Å²) in [6, 6.07) is 9.11. The third-order valence-corrected chi connectivity index (χ3v) is 6.23. The molecule has 0 atom stereocenters. The van der Waals surface area contributed by atoms with Crippen molar-refractivity contribution in [1.29, 1.82) is 0 Å². The lowest BCUT2D eigenvalue weighted by Crippen LogP contribution is -2.45. The molecular formula is C23H31N5O3. The highest BCUT2D eigenvalue weighted by Crippen LogP contribution is 2.27. The lowest BCUT2D eigenvalue weighted by Gasteiger charge is -2.34. The lowest BCUT2D eigenvalue weighted by molar-refractivity contribution is -0.134. The molecule has 0 bridgehead atoms. The normalized spacial score (nSPS) is 18.0. The van der Waals surface area contributed by atoms with Crippen molar-refractivity contribution in [3.63, 3.8) is 0 Å². The minimum Gasteiger partial charge on any atom is -0.496 e. The average molecular weight is 426 g/mol. The number of methoxy groups -OCH3 is 1. The van der Waals surface area contributed by atoms with Crippen LogP contribution in [0.4, 0.5) is 5.82 Å². The highest BCUT2D eigenvalue weighted by Gasteiger charge is 2.27. The topological polar surface area (TPSA) is 79.7 Å². The maximum Gasteiger partial charge on any atom is 0.260 e. The van der Waals surface area contributed by atoms with Crippen molar-refractivity contribution in [2.24, 2.45) is 0 Å². The third kappa shape index (κ3) is 5.07. The molecule has 2 fully saturated rings. The molecule has 0 saturated carbocycles. The number of nitrogens with zero attached hydrogens (tertiary/aromatic N) is 4. The largest absolute Gasteiger partial charge is 0.496 e. The summed E-state index contributed by atoms with van der Waals surface area (Å²) in [5.74, 6) is 1.19. The Kier molecular flexibility index (Phi) is 6.86. The molecule has 0 unspecified atom stereocenters. The summed E-state index contributed by atoms with van der Waals surface area (Å²) >= 11 is 0. The first-order chi connectivity index (χ1) is 15.2. The van der Waals surface area contributed by atoms with E-state index in [0.29, 0.717) is 23.7 Å². The Labute approximate surface area is 183 Å². The quantitative estimate of drug-likeness (QED) is 0.770. The van der Waals surface area contributed by atoms with E-state index in [1.807, 2.05) is 21.7 Å². The minimum atomic E-state index is -0.228. The predicted octanol–water partition coefficient (Wildman–Crippen LogP) is 2.79. The monoisotopic (exact) mass is 425 g/mol. The van der Waals surface area contributed by atoms with Crippen molar-refractivity contribution in [3.8, 4) is 5.75 Å². The molecule has 1 aromatic carbocycles. The molecule has 2 saturated heterocycles. The van der Waals surface area contributed by atoms with Crippen molar-refractivity contribution in [2.75, 3.05) is 45.2 Å². The number of aromatic nitrogens is 2. The van der Waals surface area contributed by atoms with Gasteiger partial charge in [0.15, 0.2) is 0 Å². The Bertz CT molecular complexity index is 898. The average Bonchev–Trinajstić information content (AvgIpc) is 3.27. The van der Waals surface area contributed by atoms with E-state index in [9.17, 15) is 9.59 Å². The van der Waals surface area contributed by atoms with Gasteiger partial charge < -0.3 is 15.0 Å². The highest BCUT2D eigenvalue weighted by atomic mass is 16.5. The first-order valence-corrected chi connectivity index (χ1v) is 11.1. The van der Waals surface area contributed by atoms with Gasteiger partial charge in [-0.15, -0.1) is 0 Å². The molecule has 0 aliphatic carbocycles. The molecule has 1 N–H and O–H groups in total. The van der Waals surface area contributed by atoms with Crippen LogP contribution in [0.1, 0.15) is 48.5 Å². The molecule has 4 rings (SSSR count). The van der Waals surface area contributed by atoms with Crippen LogP contribution in [0.5, 0.6) is 5.75 Å². The van der Waals surface area contributed by atoms with Crippen LogP contribution in [-0.2, 0) is 4.79 Å². The van der Waals surface area contributed by atoms with Crippen LogP contribution in [0.3, 0.4) is 0 Å². The number of hydrogen-bond acceptors (Lipinski definition) is 5. The number of likely N-dealkylation sites (tertiary alicyclic amines) is 2. The predicted molar refractivity (Wildman–Crippen MR) is 118 cm³/mol. The van der Waals surface area contributed by atoms with Gasteiger partial charge >= 0.3 is 0 Å². The van der Waals surface area contributed by atoms with E-state index in [2.05, 4.69) is 15.3 Å². The van der Waals surface area contributed by atoms with Crippen molar-refractivity contribution >= 4 is 17.6 Å². The molecule has 1 aromatic heterocycles. The summed E-state index contributed by atoms with van der Waals surface area (Å²) < 4.78 is 7.17. The number of piperidine rings is 2. The van der Waals surface area contributed by atoms with Gasteiger partial charge in [-0.2, -0.15) is 5.10 Å². The highest BCUT2D eigenvalue weighted by molar-refractivity contribution is 6.05. The van der Waals surface area contributed by atoms with E-state index < -0.39 is 0 Å². The van der Waals surface area contributed by atoms with Crippen LogP contribution in [0.15, 0.2) is 36.5 Å². The molecular weight excluding hydrogens is 394 g/mol. The summed E-state index contributed by atoms with van der Waals surface area (Å²) in [5, 5.41) is 7.41. The van der Waals surface area contributed by atoms with Gasteiger partial charge in [-0.1, -0.05) is 18.6 Å². The number of ether oxygens (including phenoxy) is 1. The Balaban J connectivity index is 1.34. The van der Waals surface area contributed by atoms with Crippen molar-refractivity contribution < 1.29 is 14.3 Å². The number of carbonyl (C=O) groups is 2. The summed E-state index contributed by atoms with van der Waals surface area (Å²) in [6.07, 6.45) is 7.01. The second kappa shape index (κ2) is 9.96. The van der Waals surface area contributed by atoms with Crippen LogP contribution in [0.2, 0.25) is 0 Å². The van der Waals surface area contributed by atoms with Crippen molar-refractivity contribution in [3.05, 3.63) is 42.1 Å². The summed E-state index contributed by atoms with van der Waals surface area (Å²) in [6.45, 7) is 4.04.